The van der Waals surface area contributed by atoms with E-state index in [2.05, 4.69) is 60.7 Å². The Morgan fingerprint density at radius 3 is 1.29 bits per heavy atom. The number of methoxy groups -OCH3 is 1. The van der Waals surface area contributed by atoms with E-state index in [0.29, 0.717) is 0 Å². The van der Waals surface area contributed by atoms with Crippen LogP contribution in [-0.4, -0.2) is 7.11 Å². The minimum atomic E-state index is 0.777. The van der Waals surface area contributed by atoms with Crippen molar-refractivity contribution in [3.05, 3.63) is 91.0 Å². The number of hydrogen-bond donors (Lipinski definition) is 0. The summed E-state index contributed by atoms with van der Waals surface area (Å²) < 4.78 is 4.91. The smallest absolute Gasteiger partial charge is 0.118 e. The molecule has 0 bridgehead atoms. The molecule has 0 aliphatic rings. The van der Waals surface area contributed by atoms with Gasteiger partial charge in [-0.2, -0.15) is 0 Å². The van der Waals surface area contributed by atoms with Gasteiger partial charge < -0.3 is 4.74 Å². The summed E-state index contributed by atoms with van der Waals surface area (Å²) in [6, 6.07) is 30.8. The summed E-state index contributed by atoms with van der Waals surface area (Å²) in [6.45, 7) is 0. The lowest BCUT2D eigenvalue weighted by Crippen LogP contribution is -2.01. The van der Waals surface area contributed by atoms with E-state index in [1.807, 2.05) is 30.3 Å². The molecule has 0 atom stereocenters. The Kier molecular flexibility index (Phi) is 6.51. The van der Waals surface area contributed by atoms with Gasteiger partial charge in [-0.15, -0.1) is 0 Å². The van der Waals surface area contributed by atoms with Crippen LogP contribution in [0, 0.1) is 0 Å². The van der Waals surface area contributed by atoms with Crippen LogP contribution in [0.25, 0.3) is 0 Å². The van der Waals surface area contributed by atoms with Crippen molar-refractivity contribution in [2.45, 2.75) is 0 Å². The van der Waals surface area contributed by atoms with E-state index >= 15 is 0 Å². The maximum absolute atomic E-state index is 4.91. The molecule has 0 heterocycles. The summed E-state index contributed by atoms with van der Waals surface area (Å²) in [7, 11) is 2.44. The van der Waals surface area contributed by atoms with Gasteiger partial charge in [0.15, 0.2) is 0 Å². The Hall–Kier alpha value is -2.11. The Bertz CT molecular complexity index is 571. The zero-order chi connectivity index (χ0) is 14.8. The SMILES string of the molecule is COc1ccccc1.c1ccc(Pc2ccccc2)cc1. The summed E-state index contributed by atoms with van der Waals surface area (Å²) in [6.07, 6.45) is 0. The second-order valence-electron chi connectivity index (χ2n) is 4.37. The van der Waals surface area contributed by atoms with Gasteiger partial charge in [0.1, 0.15) is 5.75 Å². The minimum Gasteiger partial charge on any atom is -0.497 e. The molecule has 21 heavy (non-hydrogen) atoms. The zero-order valence-corrected chi connectivity index (χ0v) is 13.1. The lowest BCUT2D eigenvalue weighted by Gasteiger charge is -2.00. The van der Waals surface area contributed by atoms with Gasteiger partial charge in [0.2, 0.25) is 0 Å². The summed E-state index contributed by atoms with van der Waals surface area (Å²) in [5, 5.41) is 2.79. The molecular formula is C19H19OP. The average Bonchev–Trinajstić information content (AvgIpc) is 2.58. The zero-order valence-electron chi connectivity index (χ0n) is 12.1. The molecule has 0 aromatic heterocycles. The van der Waals surface area contributed by atoms with E-state index in [-0.39, 0.29) is 0 Å². The monoisotopic (exact) mass is 294 g/mol. The highest BCUT2D eigenvalue weighted by molar-refractivity contribution is 7.55. The molecule has 0 spiro atoms. The molecule has 2 heteroatoms. The van der Waals surface area contributed by atoms with Crippen molar-refractivity contribution in [3.8, 4) is 5.75 Å². The first kappa shape index (κ1) is 15.3. The first-order valence-electron chi connectivity index (χ1n) is 6.84. The number of para-hydroxylation sites is 1. The van der Waals surface area contributed by atoms with Gasteiger partial charge in [-0.25, -0.2) is 0 Å². The maximum atomic E-state index is 4.91. The fourth-order valence-electron chi connectivity index (χ4n) is 1.77. The van der Waals surface area contributed by atoms with E-state index in [1.165, 1.54) is 10.6 Å². The number of benzene rings is 3. The van der Waals surface area contributed by atoms with Gasteiger partial charge in [-0.3, -0.25) is 0 Å². The quantitative estimate of drug-likeness (QED) is 0.663. The summed E-state index contributed by atoms with van der Waals surface area (Å²) >= 11 is 0. The number of ether oxygens (including phenoxy) is 1. The van der Waals surface area contributed by atoms with Crippen LogP contribution in [0.15, 0.2) is 91.0 Å². The molecule has 1 nitrogen and oxygen atoms in total. The molecular weight excluding hydrogens is 275 g/mol. The van der Waals surface area contributed by atoms with Crippen LogP contribution in [0.4, 0.5) is 0 Å². The predicted molar refractivity (Wildman–Crippen MR) is 93.5 cm³/mol. The third-order valence-corrected chi connectivity index (χ3v) is 4.06. The van der Waals surface area contributed by atoms with Crippen molar-refractivity contribution >= 4 is 19.2 Å². The molecule has 3 aromatic carbocycles. The molecule has 0 saturated heterocycles. The average molecular weight is 294 g/mol. The topological polar surface area (TPSA) is 9.23 Å². The van der Waals surface area contributed by atoms with E-state index in [9.17, 15) is 0 Å². The molecule has 0 saturated carbocycles. The molecule has 0 aliphatic heterocycles. The minimum absolute atomic E-state index is 0.777. The van der Waals surface area contributed by atoms with Crippen molar-refractivity contribution in [2.24, 2.45) is 0 Å². The van der Waals surface area contributed by atoms with Crippen molar-refractivity contribution in [1.29, 1.82) is 0 Å². The van der Waals surface area contributed by atoms with Crippen LogP contribution in [-0.2, 0) is 0 Å². The normalized spacial score (nSPS) is 9.38. The number of hydrogen-bond acceptors (Lipinski definition) is 1. The Balaban J connectivity index is 0.000000173. The van der Waals surface area contributed by atoms with Crippen molar-refractivity contribution in [3.63, 3.8) is 0 Å². The van der Waals surface area contributed by atoms with E-state index < -0.39 is 0 Å². The third-order valence-electron chi connectivity index (χ3n) is 2.82. The van der Waals surface area contributed by atoms with Crippen LogP contribution in [0.3, 0.4) is 0 Å². The predicted octanol–water partition coefficient (Wildman–Crippen LogP) is 4.01. The first-order chi connectivity index (χ1) is 10.4. The summed E-state index contributed by atoms with van der Waals surface area (Å²) in [5.41, 5.74) is 0. The molecule has 0 amide bonds. The molecule has 0 fully saturated rings. The van der Waals surface area contributed by atoms with Crippen molar-refractivity contribution < 1.29 is 4.74 Å². The van der Waals surface area contributed by atoms with E-state index in [1.54, 1.807) is 7.11 Å². The van der Waals surface area contributed by atoms with Gasteiger partial charge in [-0.05, 0) is 22.7 Å². The van der Waals surface area contributed by atoms with Crippen molar-refractivity contribution in [2.75, 3.05) is 7.11 Å². The largest absolute Gasteiger partial charge is 0.497 e. The Morgan fingerprint density at radius 2 is 0.952 bits per heavy atom. The molecule has 106 valence electrons. The van der Waals surface area contributed by atoms with E-state index in [0.717, 1.165) is 14.3 Å². The lowest BCUT2D eigenvalue weighted by atomic mass is 10.3. The van der Waals surface area contributed by atoms with Crippen LogP contribution < -0.4 is 15.3 Å². The van der Waals surface area contributed by atoms with Gasteiger partial charge in [-0.1, -0.05) is 87.4 Å². The van der Waals surface area contributed by atoms with Crippen LogP contribution >= 0.6 is 8.58 Å². The molecule has 0 unspecified atom stereocenters. The molecule has 3 aromatic rings. The van der Waals surface area contributed by atoms with Crippen LogP contribution in [0.1, 0.15) is 0 Å². The lowest BCUT2D eigenvalue weighted by molar-refractivity contribution is 0.415. The summed E-state index contributed by atoms with van der Waals surface area (Å²) in [4.78, 5) is 0. The number of rotatable bonds is 3. The highest BCUT2D eigenvalue weighted by atomic mass is 31.1. The second kappa shape index (κ2) is 8.94. The summed E-state index contributed by atoms with van der Waals surface area (Å²) in [5.74, 6) is 0.910. The van der Waals surface area contributed by atoms with Crippen LogP contribution in [0.5, 0.6) is 5.75 Å². The van der Waals surface area contributed by atoms with Crippen LogP contribution in [0.2, 0.25) is 0 Å². The van der Waals surface area contributed by atoms with Gasteiger partial charge >= 0.3 is 0 Å². The molecule has 0 N–H and O–H groups in total. The maximum Gasteiger partial charge on any atom is 0.118 e. The second-order valence-corrected chi connectivity index (χ2v) is 5.78. The molecule has 0 radical (unpaired) electrons. The Labute approximate surface area is 128 Å². The highest BCUT2D eigenvalue weighted by Crippen LogP contribution is 2.08. The fourth-order valence-corrected chi connectivity index (χ4v) is 2.82. The standard InChI is InChI=1S/C12H11P.C7H8O/c1-3-7-11(8-4-1)13-12-9-5-2-6-10-12;1-8-7-5-3-2-4-6-7/h1-10,13H;2-6H,1H3. The molecule has 0 aliphatic carbocycles. The van der Waals surface area contributed by atoms with E-state index in [4.69, 9.17) is 4.74 Å². The van der Waals surface area contributed by atoms with Gasteiger partial charge in [0.05, 0.1) is 7.11 Å². The first-order valence-corrected chi connectivity index (χ1v) is 7.84. The highest BCUT2D eigenvalue weighted by Gasteiger charge is 1.92. The fraction of sp³-hybridized carbons (Fsp3) is 0.0526. The van der Waals surface area contributed by atoms with Crippen molar-refractivity contribution in [1.82, 2.24) is 0 Å². The third kappa shape index (κ3) is 5.81. The van der Waals surface area contributed by atoms with Gasteiger partial charge in [0.25, 0.3) is 0 Å². The van der Waals surface area contributed by atoms with Gasteiger partial charge in [0, 0.05) is 0 Å². The Morgan fingerprint density at radius 1 is 0.571 bits per heavy atom. The molecule has 3 rings (SSSR count).